The number of hydrogen-bond acceptors (Lipinski definition) is 3. The summed E-state index contributed by atoms with van der Waals surface area (Å²) >= 11 is 0. The molecule has 0 unspecified atom stereocenters. The second-order valence-electron chi connectivity index (χ2n) is 3.59. The van der Waals surface area contributed by atoms with Crippen molar-refractivity contribution in [3.05, 3.63) is 29.6 Å². The van der Waals surface area contributed by atoms with E-state index in [2.05, 4.69) is 0 Å². The minimum absolute atomic E-state index is 0.0525. The predicted octanol–water partition coefficient (Wildman–Crippen LogP) is 1.66. The van der Waals surface area contributed by atoms with Gasteiger partial charge >= 0.3 is 0 Å². The van der Waals surface area contributed by atoms with Crippen LogP contribution in [0.2, 0.25) is 0 Å². The van der Waals surface area contributed by atoms with Gasteiger partial charge in [-0.3, -0.25) is 0 Å². The van der Waals surface area contributed by atoms with Crippen molar-refractivity contribution in [1.29, 1.82) is 0 Å². The zero-order valence-corrected chi connectivity index (χ0v) is 8.62. The Bertz CT molecular complexity index is 317. The largest absolute Gasteiger partial charge is 0.508 e. The van der Waals surface area contributed by atoms with Gasteiger partial charge in [-0.25, -0.2) is 4.39 Å². The second-order valence-corrected chi connectivity index (χ2v) is 3.59. The van der Waals surface area contributed by atoms with Gasteiger partial charge in [0, 0.05) is 11.6 Å². The van der Waals surface area contributed by atoms with E-state index in [1.807, 2.05) is 0 Å². The van der Waals surface area contributed by atoms with E-state index < -0.39 is 0 Å². The van der Waals surface area contributed by atoms with Crippen LogP contribution in [-0.2, 0) is 0 Å². The summed E-state index contributed by atoms with van der Waals surface area (Å²) in [6.45, 7) is 0.627. The van der Waals surface area contributed by atoms with Gasteiger partial charge < -0.3 is 16.6 Å². The minimum atomic E-state index is -0.378. The fourth-order valence-electron chi connectivity index (χ4n) is 1.49. The Balaban J connectivity index is 2.64. The van der Waals surface area contributed by atoms with Crippen molar-refractivity contribution in [3.63, 3.8) is 0 Å². The molecule has 1 atom stereocenters. The van der Waals surface area contributed by atoms with Crippen molar-refractivity contribution in [2.45, 2.75) is 25.3 Å². The van der Waals surface area contributed by atoms with Crippen LogP contribution in [0.5, 0.6) is 5.75 Å². The van der Waals surface area contributed by atoms with Crippen LogP contribution in [0.15, 0.2) is 18.2 Å². The molecule has 0 fully saturated rings. The van der Waals surface area contributed by atoms with E-state index in [0.717, 1.165) is 12.8 Å². The lowest BCUT2D eigenvalue weighted by Crippen LogP contribution is -2.11. The van der Waals surface area contributed by atoms with Gasteiger partial charge in [-0.05, 0) is 37.6 Å². The first-order chi connectivity index (χ1) is 7.15. The van der Waals surface area contributed by atoms with E-state index in [-0.39, 0.29) is 17.6 Å². The molecule has 1 rings (SSSR count). The Morgan fingerprint density at radius 1 is 1.33 bits per heavy atom. The van der Waals surface area contributed by atoms with Gasteiger partial charge in [-0.15, -0.1) is 0 Å². The molecule has 0 saturated carbocycles. The van der Waals surface area contributed by atoms with Crippen LogP contribution < -0.4 is 11.5 Å². The third-order valence-electron chi connectivity index (χ3n) is 2.36. The molecule has 5 N–H and O–H groups in total. The molecule has 1 aromatic rings. The van der Waals surface area contributed by atoms with Gasteiger partial charge in [0.05, 0.1) is 0 Å². The number of phenols is 1. The zero-order chi connectivity index (χ0) is 11.3. The molecule has 0 saturated heterocycles. The van der Waals surface area contributed by atoms with Crippen LogP contribution in [0.1, 0.15) is 30.9 Å². The predicted molar refractivity (Wildman–Crippen MR) is 57.9 cm³/mol. The number of nitrogens with two attached hydrogens (primary N) is 2. The fourth-order valence-corrected chi connectivity index (χ4v) is 1.49. The second kappa shape index (κ2) is 5.68. The van der Waals surface area contributed by atoms with Crippen LogP contribution in [-0.4, -0.2) is 11.7 Å². The average Bonchev–Trinajstić information content (AvgIpc) is 2.22. The highest BCUT2D eigenvalue weighted by atomic mass is 19.1. The van der Waals surface area contributed by atoms with Crippen molar-refractivity contribution in [2.24, 2.45) is 11.5 Å². The molecular formula is C11H17FN2O. The standard InChI is InChI=1S/C11H17FN2O/c12-8-4-5-11(15)9(7-8)10(14)3-1-2-6-13/h4-5,7,10,15H,1-3,6,13-14H2/t10-/m0/s1. The van der Waals surface area contributed by atoms with Gasteiger partial charge in [0.2, 0.25) is 0 Å². The number of hydrogen-bond donors (Lipinski definition) is 3. The molecule has 0 heterocycles. The summed E-state index contributed by atoms with van der Waals surface area (Å²) in [5, 5.41) is 9.49. The van der Waals surface area contributed by atoms with E-state index in [1.54, 1.807) is 0 Å². The van der Waals surface area contributed by atoms with Crippen molar-refractivity contribution in [2.75, 3.05) is 6.54 Å². The lowest BCUT2D eigenvalue weighted by molar-refractivity contribution is 0.453. The van der Waals surface area contributed by atoms with Crippen molar-refractivity contribution in [3.8, 4) is 5.75 Å². The summed E-state index contributed by atoms with van der Waals surface area (Å²) in [5.41, 5.74) is 11.7. The van der Waals surface area contributed by atoms with Crippen molar-refractivity contribution < 1.29 is 9.50 Å². The van der Waals surface area contributed by atoms with Crippen LogP contribution in [0.3, 0.4) is 0 Å². The summed E-state index contributed by atoms with van der Waals surface area (Å²) in [6.07, 6.45) is 2.48. The van der Waals surface area contributed by atoms with Gasteiger partial charge in [-0.2, -0.15) is 0 Å². The van der Waals surface area contributed by atoms with E-state index in [1.165, 1.54) is 18.2 Å². The maximum Gasteiger partial charge on any atom is 0.123 e. The number of phenolic OH excluding ortho intramolecular Hbond substituents is 1. The topological polar surface area (TPSA) is 72.3 Å². The number of unbranched alkanes of at least 4 members (excludes halogenated alkanes) is 1. The van der Waals surface area contributed by atoms with Crippen LogP contribution in [0, 0.1) is 5.82 Å². The zero-order valence-electron chi connectivity index (χ0n) is 8.62. The van der Waals surface area contributed by atoms with Gasteiger partial charge in [0.25, 0.3) is 0 Å². The number of halogens is 1. The molecule has 3 nitrogen and oxygen atoms in total. The maximum absolute atomic E-state index is 12.9. The molecule has 0 radical (unpaired) electrons. The van der Waals surface area contributed by atoms with Gasteiger partial charge in [0.15, 0.2) is 0 Å². The fraction of sp³-hybridized carbons (Fsp3) is 0.455. The van der Waals surface area contributed by atoms with Crippen molar-refractivity contribution >= 4 is 0 Å². The molecule has 15 heavy (non-hydrogen) atoms. The lowest BCUT2D eigenvalue weighted by Gasteiger charge is -2.13. The Hall–Kier alpha value is -1.13. The molecule has 4 heteroatoms. The summed E-state index contributed by atoms with van der Waals surface area (Å²) in [5.74, 6) is -0.325. The summed E-state index contributed by atoms with van der Waals surface area (Å²) in [7, 11) is 0. The molecule has 0 amide bonds. The Morgan fingerprint density at radius 3 is 2.73 bits per heavy atom. The first kappa shape index (κ1) is 11.9. The minimum Gasteiger partial charge on any atom is -0.508 e. The average molecular weight is 212 g/mol. The normalized spacial score (nSPS) is 12.7. The first-order valence-corrected chi connectivity index (χ1v) is 5.09. The molecular weight excluding hydrogens is 195 g/mol. The number of aromatic hydroxyl groups is 1. The van der Waals surface area contributed by atoms with E-state index in [4.69, 9.17) is 11.5 Å². The van der Waals surface area contributed by atoms with E-state index in [9.17, 15) is 9.50 Å². The number of rotatable bonds is 5. The molecule has 0 bridgehead atoms. The molecule has 84 valence electrons. The summed E-state index contributed by atoms with van der Waals surface area (Å²) in [4.78, 5) is 0. The smallest absolute Gasteiger partial charge is 0.123 e. The van der Waals surface area contributed by atoms with E-state index in [0.29, 0.717) is 18.5 Å². The molecule has 0 spiro atoms. The Kier molecular flexibility index (Phi) is 4.52. The number of benzene rings is 1. The van der Waals surface area contributed by atoms with Crippen molar-refractivity contribution in [1.82, 2.24) is 0 Å². The van der Waals surface area contributed by atoms with Crippen LogP contribution in [0.25, 0.3) is 0 Å². The van der Waals surface area contributed by atoms with Crippen LogP contribution in [0.4, 0.5) is 4.39 Å². The SMILES string of the molecule is NCCCC[C@H](N)c1cc(F)ccc1O. The third-order valence-corrected chi connectivity index (χ3v) is 2.36. The summed E-state index contributed by atoms with van der Waals surface area (Å²) < 4.78 is 12.9. The van der Waals surface area contributed by atoms with Gasteiger partial charge in [0.1, 0.15) is 11.6 Å². The van der Waals surface area contributed by atoms with E-state index >= 15 is 0 Å². The Morgan fingerprint density at radius 2 is 2.07 bits per heavy atom. The lowest BCUT2D eigenvalue weighted by atomic mass is 10.0. The van der Waals surface area contributed by atoms with Gasteiger partial charge in [-0.1, -0.05) is 6.42 Å². The first-order valence-electron chi connectivity index (χ1n) is 5.09. The Labute approximate surface area is 88.9 Å². The molecule has 0 aromatic heterocycles. The molecule has 0 aliphatic heterocycles. The van der Waals surface area contributed by atoms with Crippen LogP contribution >= 0.6 is 0 Å². The molecule has 0 aliphatic carbocycles. The quantitative estimate of drug-likeness (QED) is 0.650. The monoisotopic (exact) mass is 212 g/mol. The maximum atomic E-state index is 12.9. The highest BCUT2D eigenvalue weighted by molar-refractivity contribution is 5.34. The highest BCUT2D eigenvalue weighted by Crippen LogP contribution is 2.26. The molecule has 0 aliphatic rings. The third kappa shape index (κ3) is 3.49. The summed E-state index contributed by atoms with van der Waals surface area (Å²) in [6, 6.07) is 3.49. The highest BCUT2D eigenvalue weighted by Gasteiger charge is 2.11. The molecule has 1 aromatic carbocycles.